The zero-order valence-electron chi connectivity index (χ0n) is 9.37. The number of hydrogen-bond donors (Lipinski definition) is 2. The van der Waals surface area contributed by atoms with Crippen LogP contribution in [-0.2, 0) is 0 Å². The summed E-state index contributed by atoms with van der Waals surface area (Å²) < 4.78 is 1.04. The van der Waals surface area contributed by atoms with Gasteiger partial charge in [-0.15, -0.1) is 0 Å². The predicted molar refractivity (Wildman–Crippen MR) is 76.2 cm³/mol. The van der Waals surface area contributed by atoms with Crippen molar-refractivity contribution in [1.29, 1.82) is 0 Å². The molecule has 0 radical (unpaired) electrons. The summed E-state index contributed by atoms with van der Waals surface area (Å²) in [7, 11) is 0. The number of H-pyrrole nitrogens is 1. The summed E-state index contributed by atoms with van der Waals surface area (Å²) in [5.74, 6) is -0.594. The average Bonchev–Trinajstić information content (AvgIpc) is 3.13. The van der Waals surface area contributed by atoms with Gasteiger partial charge >= 0.3 is 5.97 Å². The Morgan fingerprint density at radius 3 is 2.72 bits per heavy atom. The fourth-order valence-corrected chi connectivity index (χ4v) is 3.03. The lowest BCUT2D eigenvalue weighted by atomic mass is 10.1. The van der Waals surface area contributed by atoms with Gasteiger partial charge in [0.1, 0.15) is 5.56 Å². The molecule has 2 aromatic rings. The molecule has 1 aliphatic rings. The molecule has 1 saturated carbocycles. The van der Waals surface area contributed by atoms with E-state index in [0.717, 1.165) is 3.57 Å². The Balaban J connectivity index is 2.30. The third kappa shape index (κ3) is 1.82. The lowest BCUT2D eigenvalue weighted by Gasteiger charge is -2.06. The first-order chi connectivity index (χ1) is 8.58. The monoisotopic (exact) mass is 355 g/mol. The van der Waals surface area contributed by atoms with Crippen LogP contribution in [0.4, 0.5) is 0 Å². The second-order valence-electron chi connectivity index (χ2n) is 4.53. The molecule has 0 spiro atoms. The van der Waals surface area contributed by atoms with Crippen molar-refractivity contribution in [2.24, 2.45) is 0 Å². The first-order valence-corrected chi connectivity index (χ1v) is 6.74. The van der Waals surface area contributed by atoms with Crippen LogP contribution in [0, 0.1) is 3.57 Å². The molecule has 1 aliphatic carbocycles. The highest BCUT2D eigenvalue weighted by molar-refractivity contribution is 14.1. The Kier molecular flexibility index (Phi) is 2.65. The number of aromatic nitrogens is 1. The third-order valence-corrected chi connectivity index (χ3v) is 4.18. The summed E-state index contributed by atoms with van der Waals surface area (Å²) in [6, 6.07) is 3.76. The Labute approximate surface area is 116 Å². The van der Waals surface area contributed by atoms with Crippen LogP contribution in [0.1, 0.15) is 34.7 Å². The van der Waals surface area contributed by atoms with Crippen molar-refractivity contribution < 1.29 is 9.90 Å². The molecular formula is C13H10INO3. The summed E-state index contributed by atoms with van der Waals surface area (Å²) >= 11 is 2.21. The molecule has 1 heterocycles. The van der Waals surface area contributed by atoms with E-state index < -0.39 is 11.4 Å². The Hall–Kier alpha value is -1.37. The van der Waals surface area contributed by atoms with E-state index in [0.29, 0.717) is 16.8 Å². The number of halogens is 1. The zero-order chi connectivity index (χ0) is 12.9. The van der Waals surface area contributed by atoms with Crippen LogP contribution in [0.2, 0.25) is 0 Å². The molecule has 1 aromatic heterocycles. The highest BCUT2D eigenvalue weighted by atomic mass is 127. The van der Waals surface area contributed by atoms with E-state index in [1.54, 1.807) is 6.07 Å². The summed E-state index contributed by atoms with van der Waals surface area (Å²) in [4.78, 5) is 25.8. The van der Waals surface area contributed by atoms with Crippen LogP contribution >= 0.6 is 22.6 Å². The van der Waals surface area contributed by atoms with Crippen LogP contribution in [0.15, 0.2) is 23.1 Å². The SMILES string of the molecule is O=C(O)c1c[nH]c2cc(C3CC3)c(I)cc2c1=O. The van der Waals surface area contributed by atoms with Crippen LogP contribution in [0.5, 0.6) is 0 Å². The minimum Gasteiger partial charge on any atom is -0.477 e. The molecule has 0 aliphatic heterocycles. The Morgan fingerprint density at radius 2 is 2.11 bits per heavy atom. The molecule has 5 heteroatoms. The topological polar surface area (TPSA) is 70.2 Å². The number of carbonyl (C=O) groups is 1. The van der Waals surface area contributed by atoms with Crippen molar-refractivity contribution in [2.75, 3.05) is 0 Å². The molecule has 1 fully saturated rings. The van der Waals surface area contributed by atoms with Crippen LogP contribution in [0.3, 0.4) is 0 Å². The van der Waals surface area contributed by atoms with Crippen LogP contribution in [0.25, 0.3) is 10.9 Å². The maximum Gasteiger partial charge on any atom is 0.341 e. The smallest absolute Gasteiger partial charge is 0.341 e. The van der Waals surface area contributed by atoms with E-state index in [4.69, 9.17) is 5.11 Å². The van der Waals surface area contributed by atoms with Crippen LogP contribution < -0.4 is 5.43 Å². The van der Waals surface area contributed by atoms with Crippen molar-refractivity contribution in [2.45, 2.75) is 18.8 Å². The number of aromatic amines is 1. The number of rotatable bonds is 2. The summed E-state index contributed by atoms with van der Waals surface area (Å²) in [5, 5.41) is 9.37. The fraction of sp³-hybridized carbons (Fsp3) is 0.231. The van der Waals surface area contributed by atoms with E-state index in [1.807, 2.05) is 6.07 Å². The number of hydrogen-bond acceptors (Lipinski definition) is 2. The van der Waals surface area contributed by atoms with Gasteiger partial charge in [-0.1, -0.05) is 0 Å². The van der Waals surface area contributed by atoms with Gasteiger partial charge in [-0.2, -0.15) is 0 Å². The van der Waals surface area contributed by atoms with Gasteiger partial charge in [0.15, 0.2) is 0 Å². The maximum atomic E-state index is 12.0. The molecule has 0 saturated heterocycles. The van der Waals surface area contributed by atoms with Crippen molar-refractivity contribution in [3.05, 3.63) is 43.2 Å². The van der Waals surface area contributed by atoms with E-state index in [-0.39, 0.29) is 5.56 Å². The van der Waals surface area contributed by atoms with Gasteiger partial charge in [-0.3, -0.25) is 4.79 Å². The molecule has 4 nitrogen and oxygen atoms in total. The second kappa shape index (κ2) is 4.08. The molecular weight excluding hydrogens is 345 g/mol. The van der Waals surface area contributed by atoms with Gasteiger partial charge in [-0.05, 0) is 59.0 Å². The van der Waals surface area contributed by atoms with Gasteiger partial charge in [0, 0.05) is 20.7 Å². The first kappa shape index (κ1) is 11.7. The summed E-state index contributed by atoms with van der Waals surface area (Å²) in [6.07, 6.45) is 3.66. The van der Waals surface area contributed by atoms with E-state index >= 15 is 0 Å². The first-order valence-electron chi connectivity index (χ1n) is 5.66. The molecule has 0 amide bonds. The quantitative estimate of drug-likeness (QED) is 0.814. The van der Waals surface area contributed by atoms with Crippen molar-refractivity contribution in [3.63, 3.8) is 0 Å². The van der Waals surface area contributed by atoms with Crippen LogP contribution in [-0.4, -0.2) is 16.1 Å². The van der Waals surface area contributed by atoms with Gasteiger partial charge in [-0.25, -0.2) is 4.79 Å². The third-order valence-electron chi connectivity index (χ3n) is 3.25. The Bertz CT molecular complexity index is 716. The van der Waals surface area contributed by atoms with E-state index in [2.05, 4.69) is 27.6 Å². The molecule has 92 valence electrons. The lowest BCUT2D eigenvalue weighted by molar-refractivity contribution is 0.0695. The maximum absolute atomic E-state index is 12.0. The fourth-order valence-electron chi connectivity index (χ4n) is 2.12. The number of pyridine rings is 1. The largest absolute Gasteiger partial charge is 0.477 e. The highest BCUT2D eigenvalue weighted by Crippen LogP contribution is 2.42. The van der Waals surface area contributed by atoms with Gasteiger partial charge < -0.3 is 10.1 Å². The number of aromatic carboxylic acids is 1. The average molecular weight is 355 g/mol. The molecule has 18 heavy (non-hydrogen) atoms. The molecule has 0 unspecified atom stereocenters. The lowest BCUT2D eigenvalue weighted by Crippen LogP contribution is -2.15. The molecule has 2 N–H and O–H groups in total. The number of fused-ring (bicyclic) bond motifs is 1. The van der Waals surface area contributed by atoms with Gasteiger partial charge in [0.05, 0.1) is 0 Å². The van der Waals surface area contributed by atoms with Crippen molar-refractivity contribution >= 4 is 39.5 Å². The zero-order valence-corrected chi connectivity index (χ0v) is 11.5. The van der Waals surface area contributed by atoms with Gasteiger partial charge in [0.2, 0.25) is 5.43 Å². The van der Waals surface area contributed by atoms with Crippen molar-refractivity contribution in [3.8, 4) is 0 Å². The second-order valence-corrected chi connectivity index (χ2v) is 5.69. The minimum absolute atomic E-state index is 0.211. The van der Waals surface area contributed by atoms with E-state index in [9.17, 15) is 9.59 Å². The number of carboxylic acid groups (broad SMARTS) is 1. The summed E-state index contributed by atoms with van der Waals surface area (Å²) in [6.45, 7) is 0. The molecule has 0 bridgehead atoms. The standard InChI is InChI=1S/C13H10INO3/c14-10-3-8-11(4-7(10)6-1-2-6)15-5-9(12(8)16)13(17)18/h3-6H,1-2H2,(H,15,16)(H,17,18). The van der Waals surface area contributed by atoms with E-state index in [1.165, 1.54) is 24.6 Å². The molecule has 3 rings (SSSR count). The number of benzene rings is 1. The normalized spacial score (nSPS) is 14.9. The van der Waals surface area contributed by atoms with Crippen molar-refractivity contribution in [1.82, 2.24) is 4.98 Å². The molecule has 1 aromatic carbocycles. The highest BCUT2D eigenvalue weighted by Gasteiger charge is 2.26. The Morgan fingerprint density at radius 1 is 1.39 bits per heavy atom. The number of nitrogens with one attached hydrogen (secondary N) is 1. The summed E-state index contributed by atoms with van der Waals surface area (Å²) in [5.41, 5.74) is 1.34. The van der Waals surface area contributed by atoms with Gasteiger partial charge in [0.25, 0.3) is 0 Å². The predicted octanol–water partition coefficient (Wildman–Crippen LogP) is 2.71. The minimum atomic E-state index is -1.19. The molecule has 0 atom stereocenters. The number of carboxylic acids is 1.